The smallest absolute Gasteiger partial charge is 0.183 e. The molecule has 0 spiro atoms. The highest BCUT2D eigenvalue weighted by molar-refractivity contribution is 6.66. The molecule has 8 rings (SSSR count). The number of benzene rings is 1. The molecule has 7 heterocycles. The Hall–Kier alpha value is -5.66. The Morgan fingerprint density at radius 1 is 0.774 bits per heavy atom. The largest absolute Gasteiger partial charge is 0.410 e. The van der Waals surface area contributed by atoms with E-state index >= 15 is 0 Å². The summed E-state index contributed by atoms with van der Waals surface area (Å²) in [6.07, 6.45) is 12.6. The number of rotatable bonds is 5. The van der Waals surface area contributed by atoms with Crippen LogP contribution in [0.15, 0.2) is 64.8 Å². The lowest BCUT2D eigenvalue weighted by molar-refractivity contribution is 0.0673. The maximum atomic E-state index is 9.38. The van der Waals surface area contributed by atoms with Gasteiger partial charge in [0.15, 0.2) is 34.0 Å². The molecule has 4 aliphatic rings. The van der Waals surface area contributed by atoms with Crippen molar-refractivity contribution in [1.82, 2.24) is 34.9 Å². The lowest BCUT2D eigenvalue weighted by atomic mass is 9.91. The molecule has 4 fully saturated rings. The normalized spacial score (nSPS) is 23.3. The molecule has 0 radical (unpaired) electrons. The van der Waals surface area contributed by atoms with Crippen molar-refractivity contribution in [1.29, 1.82) is 15.8 Å². The van der Waals surface area contributed by atoms with Gasteiger partial charge in [-0.3, -0.25) is 9.80 Å². The van der Waals surface area contributed by atoms with Gasteiger partial charge in [0.25, 0.3) is 0 Å². The second kappa shape index (κ2) is 16.3. The molecule has 4 aliphatic heterocycles. The number of fused-ring (bicyclic) bond motifs is 2. The third-order valence-corrected chi connectivity index (χ3v) is 10.9. The molecule has 0 aliphatic carbocycles. The van der Waals surface area contributed by atoms with Crippen molar-refractivity contribution >= 4 is 28.4 Å². The zero-order chi connectivity index (χ0) is 36.7. The van der Waals surface area contributed by atoms with Gasteiger partial charge in [-0.15, -0.1) is 0 Å². The van der Waals surface area contributed by atoms with Crippen molar-refractivity contribution < 1.29 is 9.73 Å². The maximum Gasteiger partial charge on any atom is 0.183 e. The Morgan fingerprint density at radius 2 is 1.40 bits per heavy atom. The van der Waals surface area contributed by atoms with Gasteiger partial charge in [-0.2, -0.15) is 15.8 Å². The van der Waals surface area contributed by atoms with Gasteiger partial charge in [-0.1, -0.05) is 34.0 Å². The fourth-order valence-electron chi connectivity index (χ4n) is 8.13. The first-order valence-corrected chi connectivity index (χ1v) is 18.2. The Labute approximate surface area is 312 Å². The summed E-state index contributed by atoms with van der Waals surface area (Å²) in [6, 6.07) is 16.7. The van der Waals surface area contributed by atoms with Crippen LogP contribution in [-0.4, -0.2) is 103 Å². The highest BCUT2D eigenvalue weighted by Crippen LogP contribution is 2.38. The van der Waals surface area contributed by atoms with E-state index in [1.54, 1.807) is 24.7 Å². The quantitative estimate of drug-likeness (QED) is 0.168. The minimum Gasteiger partial charge on any atom is -0.410 e. The number of halogens is 1. The van der Waals surface area contributed by atoms with Gasteiger partial charge in [-0.05, 0) is 50.7 Å². The highest BCUT2D eigenvalue weighted by Gasteiger charge is 2.39. The SMILES string of the molecule is N#Cc1cccc(-c2cc([C@H]3CCC[C@H]4CN(c5nccnc5C#N)CCN43)no2)c1.N#Cc1nccnc1N1CCN2[C@@H](CCC[C@@H]2/C(Cl)=N/O)C1. The Kier molecular flexibility index (Phi) is 11.0. The lowest BCUT2D eigenvalue weighted by Gasteiger charge is -2.48. The summed E-state index contributed by atoms with van der Waals surface area (Å²) in [6.45, 7) is 4.79. The summed E-state index contributed by atoms with van der Waals surface area (Å²) in [5.41, 5.74) is 3.14. The van der Waals surface area contributed by atoms with Crippen molar-refractivity contribution in [3.63, 3.8) is 0 Å². The molecule has 0 unspecified atom stereocenters. The summed E-state index contributed by atoms with van der Waals surface area (Å²) in [5, 5.41) is 44.5. The van der Waals surface area contributed by atoms with Crippen LogP contribution in [0, 0.1) is 34.0 Å². The van der Waals surface area contributed by atoms with E-state index in [1.807, 2.05) is 24.3 Å². The topological polar surface area (TPSA) is 195 Å². The average Bonchev–Trinajstić information content (AvgIpc) is 3.73. The fourth-order valence-corrected chi connectivity index (χ4v) is 8.36. The second-order valence-corrected chi connectivity index (χ2v) is 13.9. The molecule has 3 aromatic heterocycles. The van der Waals surface area contributed by atoms with Gasteiger partial charge >= 0.3 is 0 Å². The van der Waals surface area contributed by atoms with Gasteiger partial charge in [0.2, 0.25) is 0 Å². The molecule has 1 N–H and O–H groups in total. The van der Waals surface area contributed by atoms with Crippen LogP contribution in [-0.2, 0) is 0 Å². The third kappa shape index (κ3) is 7.62. The molecule has 16 heteroatoms. The minimum absolute atomic E-state index is 0.00939. The number of piperazine rings is 2. The van der Waals surface area contributed by atoms with Crippen LogP contribution in [0.2, 0.25) is 0 Å². The molecule has 4 aromatic rings. The standard InChI is InChI=1S/C23H21N7O.C14H17ClN6O/c24-13-16-3-1-4-17(11-16)22-12-19(28-31-22)21-6-2-5-18-15-29(9-10-30(18)21)23-20(14-25)26-7-8-27-23;15-13(19-22)12-3-1-2-10-9-20(6-7-21(10)12)14-11(8-16)17-4-5-18-14/h1,3-4,7-8,11-12,18,21H,2,5-6,9-10,15H2;4-5,10,12,22H,1-3,6-7,9H2/b;19-13-/t18-,21+;10-,12+/m00/s1. The van der Waals surface area contributed by atoms with Gasteiger partial charge in [0.1, 0.15) is 17.8 Å². The van der Waals surface area contributed by atoms with Crippen molar-refractivity contribution in [2.24, 2.45) is 5.16 Å². The van der Waals surface area contributed by atoms with Crippen LogP contribution in [0.3, 0.4) is 0 Å². The first-order chi connectivity index (χ1) is 26.0. The van der Waals surface area contributed by atoms with Gasteiger partial charge < -0.3 is 19.5 Å². The number of nitrogens with zero attached hydrogens (tertiary/aromatic N) is 13. The van der Waals surface area contributed by atoms with Crippen LogP contribution in [0.5, 0.6) is 0 Å². The summed E-state index contributed by atoms with van der Waals surface area (Å²) in [7, 11) is 0. The van der Waals surface area contributed by atoms with E-state index in [1.165, 1.54) is 6.20 Å². The number of nitriles is 3. The van der Waals surface area contributed by atoms with Crippen molar-refractivity contribution in [3.05, 3.63) is 77.8 Å². The van der Waals surface area contributed by atoms with E-state index in [0.29, 0.717) is 46.4 Å². The molecular weight excluding hydrogens is 694 g/mol. The summed E-state index contributed by atoms with van der Waals surface area (Å²) >= 11 is 6.04. The van der Waals surface area contributed by atoms with E-state index in [4.69, 9.17) is 26.6 Å². The Balaban J connectivity index is 0.000000174. The molecule has 4 atom stereocenters. The van der Waals surface area contributed by atoms with Gasteiger partial charge in [0.05, 0.1) is 23.7 Å². The molecule has 270 valence electrons. The molecule has 0 bridgehead atoms. The van der Waals surface area contributed by atoms with E-state index in [2.05, 4.69) is 68.1 Å². The number of anilines is 2. The molecule has 0 saturated carbocycles. The number of hydrogen-bond acceptors (Lipinski definition) is 15. The monoisotopic (exact) mass is 731 g/mol. The molecule has 15 nitrogen and oxygen atoms in total. The molecule has 1 aromatic carbocycles. The Bertz CT molecular complexity index is 2070. The first-order valence-electron chi connectivity index (χ1n) is 17.8. The highest BCUT2D eigenvalue weighted by atomic mass is 35.5. The van der Waals surface area contributed by atoms with Crippen molar-refractivity contribution in [2.75, 3.05) is 49.1 Å². The zero-order valence-electron chi connectivity index (χ0n) is 29.0. The Morgan fingerprint density at radius 3 is 2.04 bits per heavy atom. The molecular formula is C37H38ClN13O2. The van der Waals surface area contributed by atoms with Gasteiger partial charge in [0, 0.05) is 87.8 Å². The lowest BCUT2D eigenvalue weighted by Crippen LogP contribution is -2.60. The maximum absolute atomic E-state index is 9.38. The number of aromatic nitrogens is 5. The average molecular weight is 732 g/mol. The van der Waals surface area contributed by atoms with Crippen LogP contribution in [0.1, 0.15) is 67.2 Å². The third-order valence-electron chi connectivity index (χ3n) is 10.6. The molecule has 53 heavy (non-hydrogen) atoms. The van der Waals surface area contributed by atoms with Crippen LogP contribution >= 0.6 is 11.6 Å². The minimum atomic E-state index is -0.00939. The van der Waals surface area contributed by atoms with E-state index in [0.717, 1.165) is 89.1 Å². The van der Waals surface area contributed by atoms with Crippen molar-refractivity contribution in [2.45, 2.75) is 62.7 Å². The number of oxime groups is 1. The fraction of sp³-hybridized carbons (Fsp3) is 0.432. The van der Waals surface area contributed by atoms with Crippen LogP contribution < -0.4 is 9.80 Å². The summed E-state index contributed by atoms with van der Waals surface area (Å²) in [4.78, 5) is 26.1. The van der Waals surface area contributed by atoms with Crippen molar-refractivity contribution in [3.8, 4) is 29.5 Å². The number of hydrogen-bond donors (Lipinski definition) is 1. The van der Waals surface area contributed by atoms with Gasteiger partial charge in [-0.25, -0.2) is 19.9 Å². The van der Waals surface area contributed by atoms with E-state index < -0.39 is 0 Å². The second-order valence-electron chi connectivity index (χ2n) is 13.5. The van der Waals surface area contributed by atoms with E-state index in [-0.39, 0.29) is 17.3 Å². The zero-order valence-corrected chi connectivity index (χ0v) is 29.8. The molecule has 0 amide bonds. The van der Waals surface area contributed by atoms with Crippen LogP contribution in [0.25, 0.3) is 11.3 Å². The predicted octanol–water partition coefficient (Wildman–Crippen LogP) is 4.71. The molecule has 4 saturated heterocycles. The van der Waals surface area contributed by atoms with Crippen LogP contribution in [0.4, 0.5) is 11.6 Å². The number of piperidine rings is 2. The summed E-state index contributed by atoms with van der Waals surface area (Å²) in [5.74, 6) is 2.01. The first kappa shape index (κ1) is 35.7. The van der Waals surface area contributed by atoms with E-state index in [9.17, 15) is 10.5 Å². The summed E-state index contributed by atoms with van der Waals surface area (Å²) < 4.78 is 5.65. The predicted molar refractivity (Wildman–Crippen MR) is 195 cm³/mol.